The monoisotopic (exact) mass is 244 g/mol. The Morgan fingerprint density at radius 2 is 2.12 bits per heavy atom. The van der Waals surface area contributed by atoms with Crippen LogP contribution in [-0.4, -0.2) is 36.9 Å². The summed E-state index contributed by atoms with van der Waals surface area (Å²) in [7, 11) is -2.96. The molecule has 6 nitrogen and oxygen atoms in total. The first-order valence-electron chi connectivity index (χ1n) is 4.95. The molecule has 0 unspecified atom stereocenters. The molecule has 0 spiro atoms. The van der Waals surface area contributed by atoms with Crippen molar-refractivity contribution in [3.05, 3.63) is 11.9 Å². The summed E-state index contributed by atoms with van der Waals surface area (Å²) in [5.41, 5.74) is 6.50. The van der Waals surface area contributed by atoms with Gasteiger partial charge in [-0.15, -0.1) is 0 Å². The standard InChI is InChI=1S/C9H16N4O2S/c1-3-7-8(10)12-6-13-9(7)11-4-5-16(2,14)15/h6H,3-5H2,1-2H3,(H3,10,11,12,13). The predicted octanol–water partition coefficient (Wildman–Crippen LogP) is 0.0777. The first-order chi connectivity index (χ1) is 7.44. The van der Waals surface area contributed by atoms with Gasteiger partial charge in [-0.1, -0.05) is 6.92 Å². The van der Waals surface area contributed by atoms with Crippen LogP contribution in [0.15, 0.2) is 6.33 Å². The van der Waals surface area contributed by atoms with Crippen LogP contribution >= 0.6 is 0 Å². The van der Waals surface area contributed by atoms with E-state index in [0.717, 1.165) is 5.56 Å². The first kappa shape index (κ1) is 12.7. The van der Waals surface area contributed by atoms with Gasteiger partial charge in [-0.2, -0.15) is 0 Å². The van der Waals surface area contributed by atoms with Crippen LogP contribution in [0.5, 0.6) is 0 Å². The van der Waals surface area contributed by atoms with Crippen molar-refractivity contribution in [1.82, 2.24) is 9.97 Å². The second kappa shape index (κ2) is 5.11. The van der Waals surface area contributed by atoms with E-state index in [2.05, 4.69) is 15.3 Å². The van der Waals surface area contributed by atoms with Gasteiger partial charge in [-0.3, -0.25) is 0 Å². The van der Waals surface area contributed by atoms with Crippen LogP contribution in [0.25, 0.3) is 0 Å². The topological polar surface area (TPSA) is 98.0 Å². The van der Waals surface area contributed by atoms with Crippen molar-refractivity contribution < 1.29 is 8.42 Å². The molecule has 0 aliphatic carbocycles. The maximum atomic E-state index is 10.9. The number of nitrogens with two attached hydrogens (primary N) is 1. The largest absolute Gasteiger partial charge is 0.383 e. The number of nitrogens with one attached hydrogen (secondary N) is 1. The first-order valence-corrected chi connectivity index (χ1v) is 7.01. The van der Waals surface area contributed by atoms with Gasteiger partial charge >= 0.3 is 0 Å². The quantitative estimate of drug-likeness (QED) is 0.761. The highest BCUT2D eigenvalue weighted by atomic mass is 32.2. The molecular formula is C9H16N4O2S. The molecule has 0 amide bonds. The molecular weight excluding hydrogens is 228 g/mol. The molecule has 0 bridgehead atoms. The van der Waals surface area contributed by atoms with Gasteiger partial charge in [0, 0.05) is 18.4 Å². The normalized spacial score (nSPS) is 11.4. The molecule has 90 valence electrons. The fraction of sp³-hybridized carbons (Fsp3) is 0.556. The molecule has 16 heavy (non-hydrogen) atoms. The highest BCUT2D eigenvalue weighted by molar-refractivity contribution is 7.90. The number of aromatic nitrogens is 2. The van der Waals surface area contributed by atoms with E-state index < -0.39 is 9.84 Å². The van der Waals surface area contributed by atoms with Crippen molar-refractivity contribution in [2.24, 2.45) is 0 Å². The lowest BCUT2D eigenvalue weighted by Crippen LogP contribution is -2.16. The fourth-order valence-corrected chi connectivity index (χ4v) is 1.75. The van der Waals surface area contributed by atoms with Crippen LogP contribution in [0.1, 0.15) is 12.5 Å². The smallest absolute Gasteiger partial charge is 0.149 e. The van der Waals surface area contributed by atoms with Crippen molar-refractivity contribution in [3.63, 3.8) is 0 Å². The Kier molecular flexibility index (Phi) is 4.05. The number of rotatable bonds is 5. The third-order valence-electron chi connectivity index (χ3n) is 2.10. The number of nitrogens with zero attached hydrogens (tertiary/aromatic N) is 2. The minimum atomic E-state index is -2.96. The second-order valence-electron chi connectivity index (χ2n) is 3.50. The number of hydrogen-bond acceptors (Lipinski definition) is 6. The van der Waals surface area contributed by atoms with Gasteiger partial charge in [0.1, 0.15) is 27.8 Å². The van der Waals surface area contributed by atoms with Gasteiger partial charge in [0.15, 0.2) is 0 Å². The Morgan fingerprint density at radius 3 is 2.69 bits per heavy atom. The molecule has 1 aromatic rings. The maximum Gasteiger partial charge on any atom is 0.149 e. The molecule has 0 saturated carbocycles. The third-order valence-corrected chi connectivity index (χ3v) is 3.04. The lowest BCUT2D eigenvalue weighted by molar-refractivity contribution is 0.602. The highest BCUT2D eigenvalue weighted by Crippen LogP contribution is 2.16. The maximum absolute atomic E-state index is 10.9. The summed E-state index contributed by atoms with van der Waals surface area (Å²) >= 11 is 0. The summed E-state index contributed by atoms with van der Waals surface area (Å²) < 4.78 is 21.9. The Hall–Kier alpha value is -1.37. The molecule has 0 atom stereocenters. The van der Waals surface area contributed by atoms with Gasteiger partial charge in [0.25, 0.3) is 0 Å². The zero-order valence-electron chi connectivity index (χ0n) is 9.40. The molecule has 0 radical (unpaired) electrons. The zero-order chi connectivity index (χ0) is 12.2. The zero-order valence-corrected chi connectivity index (χ0v) is 10.2. The molecule has 1 heterocycles. The van der Waals surface area contributed by atoms with E-state index in [9.17, 15) is 8.42 Å². The summed E-state index contributed by atoms with van der Waals surface area (Å²) in [6, 6.07) is 0. The SMILES string of the molecule is CCc1c(N)ncnc1NCCS(C)(=O)=O. The summed E-state index contributed by atoms with van der Waals surface area (Å²) in [5, 5.41) is 2.95. The van der Waals surface area contributed by atoms with E-state index in [-0.39, 0.29) is 5.75 Å². The Balaban J connectivity index is 2.71. The van der Waals surface area contributed by atoms with Crippen LogP contribution in [0.4, 0.5) is 11.6 Å². The number of sulfone groups is 1. The van der Waals surface area contributed by atoms with Crippen LogP contribution in [0.2, 0.25) is 0 Å². The molecule has 0 fully saturated rings. The third kappa shape index (κ3) is 3.65. The van der Waals surface area contributed by atoms with Crippen LogP contribution in [-0.2, 0) is 16.3 Å². The van der Waals surface area contributed by atoms with Crippen molar-refractivity contribution in [3.8, 4) is 0 Å². The van der Waals surface area contributed by atoms with Gasteiger partial charge < -0.3 is 11.1 Å². The van der Waals surface area contributed by atoms with Crippen molar-refractivity contribution in [2.75, 3.05) is 29.6 Å². The Labute approximate surface area is 95.2 Å². The van der Waals surface area contributed by atoms with Gasteiger partial charge in [0.2, 0.25) is 0 Å². The number of hydrogen-bond donors (Lipinski definition) is 2. The summed E-state index contributed by atoms with van der Waals surface area (Å²) in [6.07, 6.45) is 3.26. The number of anilines is 2. The Morgan fingerprint density at radius 1 is 1.44 bits per heavy atom. The molecule has 7 heteroatoms. The van der Waals surface area contributed by atoms with Crippen LogP contribution in [0.3, 0.4) is 0 Å². The van der Waals surface area contributed by atoms with E-state index in [1.807, 2.05) is 6.92 Å². The minimum absolute atomic E-state index is 0.0695. The fourth-order valence-electron chi connectivity index (χ4n) is 1.28. The van der Waals surface area contributed by atoms with E-state index in [0.29, 0.717) is 24.6 Å². The van der Waals surface area contributed by atoms with E-state index in [1.165, 1.54) is 12.6 Å². The van der Waals surface area contributed by atoms with Crippen molar-refractivity contribution in [1.29, 1.82) is 0 Å². The van der Waals surface area contributed by atoms with Crippen molar-refractivity contribution >= 4 is 21.5 Å². The van der Waals surface area contributed by atoms with E-state index in [4.69, 9.17) is 5.73 Å². The average Bonchev–Trinajstić information content (AvgIpc) is 2.16. The van der Waals surface area contributed by atoms with Gasteiger partial charge in [-0.25, -0.2) is 18.4 Å². The molecule has 0 aliphatic rings. The van der Waals surface area contributed by atoms with Crippen LogP contribution < -0.4 is 11.1 Å². The Bertz CT molecular complexity index is 459. The molecule has 0 saturated heterocycles. The molecule has 1 rings (SSSR count). The van der Waals surface area contributed by atoms with Gasteiger partial charge in [0.05, 0.1) is 5.75 Å². The van der Waals surface area contributed by atoms with E-state index in [1.54, 1.807) is 0 Å². The second-order valence-corrected chi connectivity index (χ2v) is 5.76. The number of nitrogen functional groups attached to an aromatic ring is 1. The molecule has 0 aromatic carbocycles. The highest BCUT2D eigenvalue weighted by Gasteiger charge is 2.07. The predicted molar refractivity (Wildman–Crippen MR) is 64.0 cm³/mol. The minimum Gasteiger partial charge on any atom is -0.383 e. The summed E-state index contributed by atoms with van der Waals surface area (Å²) in [4.78, 5) is 7.91. The lowest BCUT2D eigenvalue weighted by atomic mass is 10.2. The molecule has 0 aliphatic heterocycles. The average molecular weight is 244 g/mol. The summed E-state index contributed by atoms with van der Waals surface area (Å²) in [5.74, 6) is 1.11. The van der Waals surface area contributed by atoms with Crippen LogP contribution in [0, 0.1) is 0 Å². The molecule has 1 aromatic heterocycles. The summed E-state index contributed by atoms with van der Waals surface area (Å²) in [6.45, 7) is 2.26. The van der Waals surface area contributed by atoms with Gasteiger partial charge in [-0.05, 0) is 6.42 Å². The van der Waals surface area contributed by atoms with E-state index >= 15 is 0 Å². The lowest BCUT2D eigenvalue weighted by Gasteiger charge is -2.10. The molecule has 3 N–H and O–H groups in total. The van der Waals surface area contributed by atoms with Crippen molar-refractivity contribution in [2.45, 2.75) is 13.3 Å².